The Morgan fingerprint density at radius 3 is 2.90 bits per heavy atom. The zero-order valence-corrected chi connectivity index (χ0v) is 12.7. The normalized spacial score (nSPS) is 14.6. The van der Waals surface area contributed by atoms with E-state index in [1.54, 1.807) is 0 Å². The zero-order chi connectivity index (χ0) is 15.0. The van der Waals surface area contributed by atoms with E-state index in [0.29, 0.717) is 35.9 Å². The maximum absolute atomic E-state index is 13.5. The quantitative estimate of drug-likeness (QED) is 0.856. The SMILES string of the molecule is O=C(CCn1c(CCl)nc2cc(F)c(Cl)cc21)NC1CC1. The van der Waals surface area contributed by atoms with E-state index in [2.05, 4.69) is 10.3 Å². The molecule has 0 spiro atoms. The molecule has 0 aliphatic heterocycles. The Balaban J connectivity index is 1.84. The van der Waals surface area contributed by atoms with Gasteiger partial charge in [0.15, 0.2) is 0 Å². The summed E-state index contributed by atoms with van der Waals surface area (Å²) in [7, 11) is 0. The van der Waals surface area contributed by atoms with Crippen LogP contribution in [0.4, 0.5) is 4.39 Å². The molecule has 4 nitrogen and oxygen atoms in total. The Kier molecular flexibility index (Phi) is 4.04. The Bertz CT molecular complexity index is 697. The minimum Gasteiger partial charge on any atom is -0.353 e. The van der Waals surface area contributed by atoms with Gasteiger partial charge in [-0.2, -0.15) is 0 Å². The Morgan fingerprint density at radius 2 is 2.24 bits per heavy atom. The van der Waals surface area contributed by atoms with Crippen LogP contribution >= 0.6 is 23.2 Å². The molecule has 0 bridgehead atoms. The van der Waals surface area contributed by atoms with E-state index in [9.17, 15) is 9.18 Å². The fourth-order valence-corrected chi connectivity index (χ4v) is 2.62. The highest BCUT2D eigenvalue weighted by Crippen LogP contribution is 2.25. The molecule has 1 aromatic heterocycles. The van der Waals surface area contributed by atoms with Crippen LogP contribution in [0.15, 0.2) is 12.1 Å². The van der Waals surface area contributed by atoms with Gasteiger partial charge in [0, 0.05) is 25.1 Å². The predicted molar refractivity (Wildman–Crippen MR) is 80.0 cm³/mol. The van der Waals surface area contributed by atoms with Crippen LogP contribution in [0.3, 0.4) is 0 Å². The molecule has 2 aromatic rings. The van der Waals surface area contributed by atoms with Crippen molar-refractivity contribution in [3.8, 4) is 0 Å². The first kappa shape index (κ1) is 14.6. The average Bonchev–Trinajstić information content (AvgIpc) is 3.19. The van der Waals surface area contributed by atoms with E-state index in [1.807, 2.05) is 4.57 Å². The van der Waals surface area contributed by atoms with Crippen molar-refractivity contribution < 1.29 is 9.18 Å². The maximum atomic E-state index is 13.5. The van der Waals surface area contributed by atoms with Crippen LogP contribution in [-0.2, 0) is 17.2 Å². The molecular weight excluding hydrogens is 316 g/mol. The number of alkyl halides is 1. The third-order valence-electron chi connectivity index (χ3n) is 3.49. The molecule has 21 heavy (non-hydrogen) atoms. The Labute approximate surface area is 131 Å². The number of nitrogens with one attached hydrogen (secondary N) is 1. The van der Waals surface area contributed by atoms with Crippen LogP contribution in [0.2, 0.25) is 5.02 Å². The summed E-state index contributed by atoms with van der Waals surface area (Å²) in [6.45, 7) is 0.444. The van der Waals surface area contributed by atoms with E-state index in [-0.39, 0.29) is 16.8 Å². The molecule has 112 valence electrons. The lowest BCUT2D eigenvalue weighted by molar-refractivity contribution is -0.121. The molecule has 7 heteroatoms. The first-order valence-electron chi connectivity index (χ1n) is 6.78. The van der Waals surface area contributed by atoms with E-state index in [4.69, 9.17) is 23.2 Å². The van der Waals surface area contributed by atoms with Gasteiger partial charge in [-0.15, -0.1) is 11.6 Å². The predicted octanol–water partition coefficient (Wildman–Crippen LogP) is 3.24. The van der Waals surface area contributed by atoms with Gasteiger partial charge in [0.25, 0.3) is 0 Å². The van der Waals surface area contributed by atoms with Crippen molar-refractivity contribution >= 4 is 40.1 Å². The number of carbonyl (C=O) groups is 1. The standard InChI is InChI=1S/C14H14Cl2FN3O/c15-7-13-19-11-6-10(17)9(16)5-12(11)20(13)4-3-14(21)18-8-1-2-8/h5-6,8H,1-4,7H2,(H,18,21). The molecular formula is C14H14Cl2FN3O. The number of carbonyl (C=O) groups excluding carboxylic acids is 1. The van der Waals surface area contributed by atoms with Crippen LogP contribution in [0, 0.1) is 5.82 Å². The number of nitrogens with zero attached hydrogens (tertiary/aromatic N) is 2. The highest BCUT2D eigenvalue weighted by molar-refractivity contribution is 6.31. The second-order valence-corrected chi connectivity index (χ2v) is 5.83. The maximum Gasteiger partial charge on any atom is 0.222 e. The number of rotatable bonds is 5. The highest BCUT2D eigenvalue weighted by atomic mass is 35.5. The molecule has 1 amide bonds. The van der Waals surface area contributed by atoms with Crippen LogP contribution in [-0.4, -0.2) is 21.5 Å². The molecule has 1 saturated carbocycles. The molecule has 1 aliphatic carbocycles. The number of imidazole rings is 1. The fraction of sp³-hybridized carbons (Fsp3) is 0.429. The molecule has 1 N–H and O–H groups in total. The minimum absolute atomic E-state index is 0.00748. The molecule has 0 radical (unpaired) electrons. The van der Waals surface area contributed by atoms with E-state index < -0.39 is 5.82 Å². The van der Waals surface area contributed by atoms with E-state index in [0.717, 1.165) is 12.8 Å². The van der Waals surface area contributed by atoms with Gasteiger partial charge in [0.2, 0.25) is 5.91 Å². The summed E-state index contributed by atoms with van der Waals surface area (Å²) in [5.41, 5.74) is 1.19. The van der Waals surface area contributed by atoms with Crippen molar-refractivity contribution in [1.29, 1.82) is 0 Å². The monoisotopic (exact) mass is 329 g/mol. The van der Waals surface area contributed by atoms with Gasteiger partial charge in [0.05, 0.1) is 21.9 Å². The number of hydrogen-bond donors (Lipinski definition) is 1. The Morgan fingerprint density at radius 1 is 1.48 bits per heavy atom. The third-order valence-corrected chi connectivity index (χ3v) is 4.02. The van der Waals surface area contributed by atoms with Crippen LogP contribution in [0.5, 0.6) is 0 Å². The second-order valence-electron chi connectivity index (χ2n) is 5.16. The van der Waals surface area contributed by atoms with E-state index >= 15 is 0 Å². The van der Waals surface area contributed by atoms with Gasteiger partial charge >= 0.3 is 0 Å². The van der Waals surface area contributed by atoms with Gasteiger partial charge < -0.3 is 9.88 Å². The summed E-state index contributed by atoms with van der Waals surface area (Å²) in [5, 5.41) is 2.97. The summed E-state index contributed by atoms with van der Waals surface area (Å²) >= 11 is 11.7. The van der Waals surface area contributed by atoms with Gasteiger partial charge in [-0.25, -0.2) is 9.37 Å². The number of aryl methyl sites for hydroxylation is 1. The molecule has 0 saturated heterocycles. The van der Waals surface area contributed by atoms with Crippen molar-refractivity contribution in [3.05, 3.63) is 28.8 Å². The molecule has 1 heterocycles. The summed E-state index contributed by atoms with van der Waals surface area (Å²) in [4.78, 5) is 16.1. The van der Waals surface area contributed by atoms with Gasteiger partial charge in [-0.3, -0.25) is 4.79 Å². The molecule has 3 rings (SSSR count). The molecule has 1 fully saturated rings. The van der Waals surface area contributed by atoms with Crippen molar-refractivity contribution in [1.82, 2.24) is 14.9 Å². The number of aromatic nitrogens is 2. The lowest BCUT2D eigenvalue weighted by Gasteiger charge is -2.08. The summed E-state index contributed by atoms with van der Waals surface area (Å²) in [6, 6.07) is 3.15. The molecule has 0 atom stereocenters. The van der Waals surface area contributed by atoms with E-state index in [1.165, 1.54) is 12.1 Å². The third kappa shape index (κ3) is 3.14. The van der Waals surface area contributed by atoms with Gasteiger partial charge in [-0.05, 0) is 18.9 Å². The molecule has 1 aliphatic rings. The molecule has 0 unspecified atom stereocenters. The minimum atomic E-state index is -0.513. The zero-order valence-electron chi connectivity index (χ0n) is 11.2. The molecule has 1 aromatic carbocycles. The topological polar surface area (TPSA) is 46.9 Å². The van der Waals surface area contributed by atoms with Crippen LogP contribution in [0.25, 0.3) is 11.0 Å². The van der Waals surface area contributed by atoms with Crippen LogP contribution < -0.4 is 5.32 Å². The largest absolute Gasteiger partial charge is 0.353 e. The first-order valence-corrected chi connectivity index (χ1v) is 7.69. The smallest absolute Gasteiger partial charge is 0.222 e. The lowest BCUT2D eigenvalue weighted by atomic mass is 10.3. The van der Waals surface area contributed by atoms with Crippen molar-refractivity contribution in [2.75, 3.05) is 0 Å². The lowest BCUT2D eigenvalue weighted by Crippen LogP contribution is -2.26. The van der Waals surface area contributed by atoms with Crippen molar-refractivity contribution in [2.24, 2.45) is 0 Å². The number of benzene rings is 1. The van der Waals surface area contributed by atoms with Gasteiger partial charge in [-0.1, -0.05) is 11.6 Å². The summed E-state index contributed by atoms with van der Waals surface area (Å²) in [6.07, 6.45) is 2.45. The average molecular weight is 330 g/mol. The Hall–Kier alpha value is -1.33. The summed E-state index contributed by atoms with van der Waals surface area (Å²) in [5.74, 6) is 0.292. The van der Waals surface area contributed by atoms with Crippen LogP contribution in [0.1, 0.15) is 25.1 Å². The van der Waals surface area contributed by atoms with Gasteiger partial charge in [0.1, 0.15) is 11.6 Å². The summed E-state index contributed by atoms with van der Waals surface area (Å²) < 4.78 is 15.3. The second kappa shape index (κ2) is 5.81. The number of amides is 1. The fourth-order valence-electron chi connectivity index (χ4n) is 2.26. The number of hydrogen-bond acceptors (Lipinski definition) is 2. The van der Waals surface area contributed by atoms with Crippen molar-refractivity contribution in [2.45, 2.75) is 37.7 Å². The first-order chi connectivity index (χ1) is 10.1. The van der Waals surface area contributed by atoms with Crippen molar-refractivity contribution in [3.63, 3.8) is 0 Å². The highest BCUT2D eigenvalue weighted by Gasteiger charge is 2.23. The number of halogens is 3. The number of fused-ring (bicyclic) bond motifs is 1.